The van der Waals surface area contributed by atoms with Crippen molar-refractivity contribution in [2.75, 3.05) is 49.2 Å². The Kier molecular flexibility index (Phi) is 8.91. The molecule has 2 saturated heterocycles. The van der Waals surface area contributed by atoms with Gasteiger partial charge in [0.1, 0.15) is 24.8 Å². The van der Waals surface area contributed by atoms with E-state index >= 15 is 0 Å². The zero-order valence-corrected chi connectivity index (χ0v) is 26.7. The van der Waals surface area contributed by atoms with Gasteiger partial charge in [-0.2, -0.15) is 5.10 Å². The SMILES string of the molecule is CC[C@@H](C)n1ncn(-c2ccc(N3CCN(c4ccc(OC[C@@H]5COC(C)(c6ccc(Cl)cc6Cl)O5)cc4)CC3)cc2)c1=O. The Morgan fingerprint density at radius 2 is 1.57 bits per heavy atom. The predicted octanol–water partition coefficient (Wildman–Crippen LogP) is 6.31. The number of nitrogens with zero attached hydrogens (tertiary/aromatic N) is 5. The first-order chi connectivity index (χ1) is 21.2. The van der Waals surface area contributed by atoms with E-state index in [-0.39, 0.29) is 17.8 Å². The third-order valence-electron chi connectivity index (χ3n) is 8.47. The topological polar surface area (TPSA) is 74.0 Å². The van der Waals surface area contributed by atoms with Gasteiger partial charge in [0.2, 0.25) is 0 Å². The van der Waals surface area contributed by atoms with Gasteiger partial charge in [-0.3, -0.25) is 0 Å². The van der Waals surface area contributed by atoms with Crippen LogP contribution in [-0.2, 0) is 15.3 Å². The number of aromatic nitrogens is 3. The Balaban J connectivity index is 0.991. The number of halogens is 2. The smallest absolute Gasteiger partial charge is 0.350 e. The summed E-state index contributed by atoms with van der Waals surface area (Å²) in [5.41, 5.74) is 3.76. The van der Waals surface area contributed by atoms with Crippen LogP contribution in [-0.4, -0.2) is 59.8 Å². The molecule has 1 aromatic heterocycles. The van der Waals surface area contributed by atoms with E-state index in [9.17, 15) is 4.79 Å². The van der Waals surface area contributed by atoms with Crippen LogP contribution in [0.4, 0.5) is 11.4 Å². The fourth-order valence-electron chi connectivity index (χ4n) is 5.68. The Morgan fingerprint density at radius 3 is 2.18 bits per heavy atom. The normalized spacial score (nSPS) is 21.1. The van der Waals surface area contributed by atoms with E-state index in [2.05, 4.69) is 39.2 Å². The van der Waals surface area contributed by atoms with Gasteiger partial charge < -0.3 is 24.0 Å². The van der Waals surface area contributed by atoms with Crippen LogP contribution in [0.2, 0.25) is 10.0 Å². The number of hydrogen-bond donors (Lipinski definition) is 0. The van der Waals surface area contributed by atoms with Crippen molar-refractivity contribution in [3.05, 3.63) is 99.2 Å². The van der Waals surface area contributed by atoms with E-state index in [0.29, 0.717) is 23.3 Å². The number of rotatable bonds is 9. The zero-order valence-electron chi connectivity index (χ0n) is 25.2. The van der Waals surface area contributed by atoms with E-state index in [4.69, 9.17) is 37.4 Å². The summed E-state index contributed by atoms with van der Waals surface area (Å²) in [5.74, 6) is -0.163. The van der Waals surface area contributed by atoms with Gasteiger partial charge in [0.15, 0.2) is 5.79 Å². The van der Waals surface area contributed by atoms with E-state index in [1.807, 2.05) is 51.1 Å². The van der Waals surface area contributed by atoms with Gasteiger partial charge in [0.05, 0.1) is 23.4 Å². The molecule has 3 atom stereocenters. The molecule has 0 saturated carbocycles. The standard InChI is InChI=1S/C33H37Cl2N5O4/c1-4-23(2)40-32(41)39(22-36-40)27-8-6-25(7-9-27)37-15-17-38(18-16-37)26-10-12-28(13-11-26)42-20-29-21-43-33(3,44-29)30-14-5-24(34)19-31(30)35/h5-14,19,22-23,29H,4,15-18,20-21H2,1-3H3/t23-,29-,33?/m1/s1. The molecule has 0 aliphatic carbocycles. The maximum absolute atomic E-state index is 12.8. The summed E-state index contributed by atoms with van der Waals surface area (Å²) in [6, 6.07) is 21.7. The van der Waals surface area contributed by atoms with E-state index < -0.39 is 5.79 Å². The summed E-state index contributed by atoms with van der Waals surface area (Å²) < 4.78 is 21.3. The minimum Gasteiger partial charge on any atom is -0.491 e. The third-order valence-corrected chi connectivity index (χ3v) is 9.02. The first-order valence-electron chi connectivity index (χ1n) is 15.0. The molecule has 9 nitrogen and oxygen atoms in total. The second-order valence-electron chi connectivity index (χ2n) is 11.4. The lowest BCUT2D eigenvalue weighted by atomic mass is 10.1. The highest BCUT2D eigenvalue weighted by molar-refractivity contribution is 6.35. The molecule has 2 aliphatic rings. The van der Waals surface area contributed by atoms with Crippen molar-refractivity contribution < 1.29 is 14.2 Å². The highest BCUT2D eigenvalue weighted by atomic mass is 35.5. The van der Waals surface area contributed by atoms with Gasteiger partial charge in [-0.25, -0.2) is 14.0 Å². The number of benzene rings is 3. The van der Waals surface area contributed by atoms with Crippen molar-refractivity contribution in [2.45, 2.75) is 45.1 Å². The molecular weight excluding hydrogens is 601 g/mol. The maximum atomic E-state index is 12.8. The molecule has 1 unspecified atom stereocenters. The van der Waals surface area contributed by atoms with E-state index in [1.54, 1.807) is 27.7 Å². The summed E-state index contributed by atoms with van der Waals surface area (Å²) in [6.07, 6.45) is 2.23. The van der Waals surface area contributed by atoms with Crippen LogP contribution < -0.4 is 20.2 Å². The number of ether oxygens (including phenoxy) is 3. The molecule has 232 valence electrons. The molecule has 4 aromatic rings. The lowest BCUT2D eigenvalue weighted by molar-refractivity contribution is -0.164. The molecule has 44 heavy (non-hydrogen) atoms. The average molecular weight is 639 g/mol. The second-order valence-corrected chi connectivity index (χ2v) is 12.2. The highest BCUT2D eigenvalue weighted by Gasteiger charge is 2.40. The summed E-state index contributed by atoms with van der Waals surface area (Å²) in [7, 11) is 0. The van der Waals surface area contributed by atoms with Crippen LogP contribution >= 0.6 is 23.2 Å². The second kappa shape index (κ2) is 12.9. The summed E-state index contributed by atoms with van der Waals surface area (Å²) in [4.78, 5) is 17.5. The number of anilines is 2. The summed E-state index contributed by atoms with van der Waals surface area (Å²) in [5, 5.41) is 5.37. The molecule has 0 bridgehead atoms. The third kappa shape index (κ3) is 6.33. The average Bonchev–Trinajstić information content (AvgIpc) is 3.62. The van der Waals surface area contributed by atoms with Crippen molar-refractivity contribution in [2.24, 2.45) is 0 Å². The van der Waals surface area contributed by atoms with Crippen molar-refractivity contribution >= 4 is 34.6 Å². The van der Waals surface area contributed by atoms with Crippen LogP contribution in [0.3, 0.4) is 0 Å². The van der Waals surface area contributed by atoms with E-state index in [0.717, 1.165) is 61.0 Å². The number of piperazine rings is 1. The molecule has 2 fully saturated rings. The molecule has 0 spiro atoms. The van der Waals surface area contributed by atoms with Crippen LogP contribution in [0.25, 0.3) is 5.69 Å². The van der Waals surface area contributed by atoms with Gasteiger partial charge in [-0.15, -0.1) is 0 Å². The summed E-state index contributed by atoms with van der Waals surface area (Å²) in [6.45, 7) is 10.3. The molecule has 0 N–H and O–H groups in total. The summed E-state index contributed by atoms with van der Waals surface area (Å²) >= 11 is 12.4. The quantitative estimate of drug-likeness (QED) is 0.213. The van der Waals surface area contributed by atoms with Gasteiger partial charge in [0.25, 0.3) is 0 Å². The molecule has 0 amide bonds. The Morgan fingerprint density at radius 1 is 0.955 bits per heavy atom. The van der Waals surface area contributed by atoms with Crippen LogP contribution in [0, 0.1) is 0 Å². The van der Waals surface area contributed by atoms with Crippen molar-refractivity contribution in [1.29, 1.82) is 0 Å². The van der Waals surface area contributed by atoms with E-state index in [1.165, 1.54) is 0 Å². The fourth-order valence-corrected chi connectivity index (χ4v) is 6.26. The van der Waals surface area contributed by atoms with Crippen LogP contribution in [0.1, 0.15) is 38.8 Å². The molecule has 11 heteroatoms. The molecule has 3 aromatic carbocycles. The Bertz CT molecular complexity index is 1630. The van der Waals surface area contributed by atoms with Crippen molar-refractivity contribution in [3.8, 4) is 11.4 Å². The molecule has 6 rings (SSSR count). The highest BCUT2D eigenvalue weighted by Crippen LogP contribution is 2.38. The molecule has 0 radical (unpaired) electrons. The van der Waals surface area contributed by atoms with Gasteiger partial charge in [-0.1, -0.05) is 36.2 Å². The predicted molar refractivity (Wildman–Crippen MR) is 174 cm³/mol. The number of hydrogen-bond acceptors (Lipinski definition) is 7. The minimum absolute atomic E-state index is 0.0725. The monoisotopic (exact) mass is 637 g/mol. The van der Waals surface area contributed by atoms with Crippen molar-refractivity contribution in [3.63, 3.8) is 0 Å². The van der Waals surface area contributed by atoms with Gasteiger partial charge in [-0.05, 0) is 80.9 Å². The van der Waals surface area contributed by atoms with Crippen LogP contribution in [0.5, 0.6) is 5.75 Å². The van der Waals surface area contributed by atoms with Gasteiger partial charge in [0, 0.05) is 48.1 Å². The lowest BCUT2D eigenvalue weighted by Crippen LogP contribution is -2.46. The lowest BCUT2D eigenvalue weighted by Gasteiger charge is -2.37. The van der Waals surface area contributed by atoms with Gasteiger partial charge >= 0.3 is 5.69 Å². The van der Waals surface area contributed by atoms with Crippen molar-refractivity contribution in [1.82, 2.24) is 14.3 Å². The molecular formula is C33H37Cl2N5O4. The minimum atomic E-state index is -0.944. The molecule has 2 aliphatic heterocycles. The largest absolute Gasteiger partial charge is 0.491 e. The van der Waals surface area contributed by atoms with Crippen LogP contribution in [0.15, 0.2) is 77.9 Å². The molecule has 3 heterocycles. The fraction of sp³-hybridized carbons (Fsp3) is 0.394. The maximum Gasteiger partial charge on any atom is 0.350 e. The zero-order chi connectivity index (χ0) is 30.8. The first-order valence-corrected chi connectivity index (χ1v) is 15.8. The first kappa shape index (κ1) is 30.5. The Hall–Kier alpha value is -3.50. The Labute approximate surface area is 267 Å².